The van der Waals surface area contributed by atoms with E-state index in [4.69, 9.17) is 11.6 Å². The van der Waals surface area contributed by atoms with E-state index in [0.717, 1.165) is 21.7 Å². The first kappa shape index (κ1) is 17.3. The lowest BCUT2D eigenvalue weighted by Crippen LogP contribution is -2.14. The van der Waals surface area contributed by atoms with Crippen LogP contribution in [0.2, 0.25) is 5.02 Å². The van der Waals surface area contributed by atoms with Gasteiger partial charge in [0.05, 0.1) is 0 Å². The van der Waals surface area contributed by atoms with Crippen molar-refractivity contribution in [1.29, 1.82) is 0 Å². The minimum atomic E-state index is 0.0332. The van der Waals surface area contributed by atoms with Crippen molar-refractivity contribution < 1.29 is 0 Å². The first-order chi connectivity index (χ1) is 13.6. The molecule has 0 amide bonds. The Hall–Kier alpha value is -2.83. The number of benzene rings is 4. The fourth-order valence-electron chi connectivity index (χ4n) is 4.45. The molecule has 0 saturated heterocycles. The van der Waals surface area contributed by atoms with E-state index >= 15 is 0 Å². The summed E-state index contributed by atoms with van der Waals surface area (Å²) in [5.41, 5.74) is 10.0. The van der Waals surface area contributed by atoms with Gasteiger partial charge in [-0.05, 0) is 51.1 Å². The number of hydrogen-bond donors (Lipinski definition) is 0. The van der Waals surface area contributed by atoms with Crippen molar-refractivity contribution in [2.45, 2.75) is 19.3 Å². The van der Waals surface area contributed by atoms with Crippen molar-refractivity contribution in [3.63, 3.8) is 0 Å². The highest BCUT2D eigenvalue weighted by Gasteiger charge is 2.35. The molecule has 0 nitrogen and oxygen atoms in total. The molecule has 0 radical (unpaired) electrons. The predicted octanol–water partition coefficient (Wildman–Crippen LogP) is 7.98. The van der Waals surface area contributed by atoms with Crippen molar-refractivity contribution in [3.05, 3.63) is 107 Å². The van der Waals surface area contributed by atoms with Gasteiger partial charge in [0.1, 0.15) is 0 Å². The van der Waals surface area contributed by atoms with Crippen molar-refractivity contribution >= 4 is 11.6 Å². The second-order valence-electron chi connectivity index (χ2n) is 7.99. The van der Waals surface area contributed by atoms with Crippen LogP contribution in [-0.4, -0.2) is 0 Å². The molecule has 136 valence electrons. The van der Waals surface area contributed by atoms with Gasteiger partial charge in [-0.15, -0.1) is 0 Å². The van der Waals surface area contributed by atoms with Crippen molar-refractivity contribution in [1.82, 2.24) is 0 Å². The fraction of sp³-hybridized carbons (Fsp3) is 0.111. The molecule has 0 atom stereocenters. The van der Waals surface area contributed by atoms with E-state index in [0.29, 0.717) is 0 Å². The average Bonchev–Trinajstić information content (AvgIpc) is 2.96. The van der Waals surface area contributed by atoms with Crippen molar-refractivity contribution in [2.75, 3.05) is 0 Å². The minimum Gasteiger partial charge on any atom is -0.0836 e. The molecular formula is C27H21Cl. The summed E-state index contributed by atoms with van der Waals surface area (Å²) in [7, 11) is 0. The van der Waals surface area contributed by atoms with E-state index in [1.165, 1.54) is 27.8 Å². The average molecular weight is 381 g/mol. The topological polar surface area (TPSA) is 0 Å². The number of rotatable bonds is 2. The Balaban J connectivity index is 1.62. The highest BCUT2D eigenvalue weighted by Crippen LogP contribution is 2.49. The molecule has 5 rings (SSSR count). The summed E-state index contributed by atoms with van der Waals surface area (Å²) in [4.78, 5) is 0. The van der Waals surface area contributed by atoms with E-state index in [9.17, 15) is 0 Å². The van der Waals surface area contributed by atoms with Gasteiger partial charge in [-0.25, -0.2) is 0 Å². The summed E-state index contributed by atoms with van der Waals surface area (Å²) in [6.07, 6.45) is 0. The highest BCUT2D eigenvalue weighted by molar-refractivity contribution is 6.33. The van der Waals surface area contributed by atoms with Crippen LogP contribution in [0.1, 0.15) is 25.0 Å². The zero-order valence-corrected chi connectivity index (χ0v) is 16.8. The normalized spacial score (nSPS) is 13.8. The molecule has 0 unspecified atom stereocenters. The third-order valence-corrected chi connectivity index (χ3v) is 6.28. The molecule has 1 aliphatic rings. The van der Waals surface area contributed by atoms with Gasteiger partial charge in [0, 0.05) is 16.0 Å². The summed E-state index contributed by atoms with van der Waals surface area (Å²) in [5.74, 6) is 0. The standard InChI is InChI=1S/C27H21Cl/c1-27(2)24-11-7-6-10-22(24)23-16-20(13-15-25(23)27)21-14-12-19(17-26(21)28)18-8-4-3-5-9-18/h3-17H,1-2H3. The van der Waals surface area contributed by atoms with Crippen LogP contribution in [0.3, 0.4) is 0 Å². The molecule has 4 aromatic rings. The monoisotopic (exact) mass is 380 g/mol. The lowest BCUT2D eigenvalue weighted by Gasteiger charge is -2.21. The molecule has 0 bridgehead atoms. The maximum Gasteiger partial charge on any atom is 0.0490 e. The number of halogens is 1. The van der Waals surface area contributed by atoms with Crippen LogP contribution < -0.4 is 0 Å². The zero-order valence-electron chi connectivity index (χ0n) is 16.0. The third-order valence-electron chi connectivity index (χ3n) is 5.97. The van der Waals surface area contributed by atoms with Gasteiger partial charge in [-0.1, -0.05) is 104 Å². The van der Waals surface area contributed by atoms with Gasteiger partial charge in [0.25, 0.3) is 0 Å². The van der Waals surface area contributed by atoms with E-state index in [2.05, 4.69) is 98.8 Å². The van der Waals surface area contributed by atoms with Gasteiger partial charge >= 0.3 is 0 Å². The Morgan fingerprint density at radius 2 is 1.21 bits per heavy atom. The fourth-order valence-corrected chi connectivity index (χ4v) is 4.74. The highest BCUT2D eigenvalue weighted by atomic mass is 35.5. The Morgan fingerprint density at radius 1 is 0.536 bits per heavy atom. The van der Waals surface area contributed by atoms with Crippen LogP contribution in [0, 0.1) is 0 Å². The third kappa shape index (κ3) is 2.60. The summed E-state index contributed by atoms with van der Waals surface area (Å²) in [5, 5.41) is 0.784. The van der Waals surface area contributed by atoms with Crippen molar-refractivity contribution in [3.8, 4) is 33.4 Å². The van der Waals surface area contributed by atoms with Gasteiger partial charge < -0.3 is 0 Å². The molecule has 1 heteroatoms. The van der Waals surface area contributed by atoms with Gasteiger partial charge in [-0.3, -0.25) is 0 Å². The molecule has 0 N–H and O–H groups in total. The zero-order chi connectivity index (χ0) is 19.3. The Kier molecular flexibility index (Phi) is 3.92. The summed E-state index contributed by atoms with van der Waals surface area (Å²) >= 11 is 6.72. The molecule has 1 aliphatic carbocycles. The van der Waals surface area contributed by atoms with Crippen LogP contribution in [0.4, 0.5) is 0 Å². The quantitative estimate of drug-likeness (QED) is 0.330. The lowest BCUT2D eigenvalue weighted by atomic mass is 9.82. The van der Waals surface area contributed by atoms with Gasteiger partial charge in [0.2, 0.25) is 0 Å². The molecule has 0 spiro atoms. The number of hydrogen-bond acceptors (Lipinski definition) is 0. The van der Waals surface area contributed by atoms with E-state index in [-0.39, 0.29) is 5.41 Å². The van der Waals surface area contributed by atoms with E-state index in [1.54, 1.807) is 0 Å². The van der Waals surface area contributed by atoms with E-state index in [1.807, 2.05) is 6.07 Å². The predicted molar refractivity (Wildman–Crippen MR) is 120 cm³/mol. The molecule has 0 aromatic heterocycles. The number of fused-ring (bicyclic) bond motifs is 3. The van der Waals surface area contributed by atoms with Gasteiger partial charge in [0.15, 0.2) is 0 Å². The summed E-state index contributed by atoms with van der Waals surface area (Å²) in [6, 6.07) is 32.2. The van der Waals surface area contributed by atoms with Crippen LogP contribution in [0.25, 0.3) is 33.4 Å². The Bertz CT molecular complexity index is 1190. The summed E-state index contributed by atoms with van der Waals surface area (Å²) < 4.78 is 0. The lowest BCUT2D eigenvalue weighted by molar-refractivity contribution is 0.660. The largest absolute Gasteiger partial charge is 0.0836 e. The summed E-state index contributed by atoms with van der Waals surface area (Å²) in [6.45, 7) is 4.61. The van der Waals surface area contributed by atoms with E-state index < -0.39 is 0 Å². The molecule has 0 aliphatic heterocycles. The van der Waals surface area contributed by atoms with Gasteiger partial charge in [-0.2, -0.15) is 0 Å². The first-order valence-corrected chi connectivity index (χ1v) is 10.0. The smallest absolute Gasteiger partial charge is 0.0490 e. The minimum absolute atomic E-state index is 0.0332. The molecule has 0 fully saturated rings. The van der Waals surface area contributed by atoms with Crippen LogP contribution >= 0.6 is 11.6 Å². The molecule has 4 aromatic carbocycles. The van der Waals surface area contributed by atoms with Crippen LogP contribution in [0.15, 0.2) is 91.0 Å². The Morgan fingerprint density at radius 3 is 2.00 bits per heavy atom. The maximum absolute atomic E-state index is 6.72. The second kappa shape index (κ2) is 6.36. The molecule has 0 saturated carbocycles. The Labute approximate surface area is 171 Å². The maximum atomic E-state index is 6.72. The molecular weight excluding hydrogens is 360 g/mol. The molecule has 0 heterocycles. The molecule has 28 heavy (non-hydrogen) atoms. The first-order valence-electron chi connectivity index (χ1n) is 9.65. The van der Waals surface area contributed by atoms with Crippen LogP contribution in [0.5, 0.6) is 0 Å². The second-order valence-corrected chi connectivity index (χ2v) is 8.40. The van der Waals surface area contributed by atoms with Crippen molar-refractivity contribution in [2.24, 2.45) is 0 Å². The SMILES string of the molecule is CC1(C)c2ccccc2-c2cc(-c3ccc(-c4ccccc4)cc3Cl)ccc21. The van der Waals surface area contributed by atoms with Crippen LogP contribution in [-0.2, 0) is 5.41 Å².